The zero-order valence-electron chi connectivity index (χ0n) is 17.9. The third-order valence-electron chi connectivity index (χ3n) is 7.09. The van der Waals surface area contributed by atoms with E-state index in [0.717, 1.165) is 36.1 Å². The second kappa shape index (κ2) is 7.35. The Bertz CT molecular complexity index is 1020. The molecule has 5 heteroatoms. The fraction of sp³-hybridized carbons (Fsp3) is 0.480. The smallest absolute Gasteiger partial charge is 0.227 e. The molecule has 1 heterocycles. The Morgan fingerprint density at radius 1 is 1.03 bits per heavy atom. The molecule has 0 N–H and O–H groups in total. The van der Waals surface area contributed by atoms with E-state index < -0.39 is 7.37 Å². The van der Waals surface area contributed by atoms with E-state index in [1.807, 2.05) is 30.3 Å². The van der Waals surface area contributed by atoms with Crippen LogP contribution in [0, 0.1) is 12.8 Å². The van der Waals surface area contributed by atoms with Crippen LogP contribution in [-0.2, 0) is 32.6 Å². The van der Waals surface area contributed by atoms with Gasteiger partial charge in [-0.3, -0.25) is 9.36 Å². The maximum atomic E-state index is 13.5. The molecule has 2 fully saturated rings. The van der Waals surface area contributed by atoms with E-state index in [4.69, 9.17) is 4.52 Å². The molecular formula is C25H30NO3P. The summed E-state index contributed by atoms with van der Waals surface area (Å²) in [5, 5.41) is 0. The quantitative estimate of drug-likeness (QED) is 0.526. The zero-order valence-corrected chi connectivity index (χ0v) is 18.8. The van der Waals surface area contributed by atoms with Crippen molar-refractivity contribution < 1.29 is 13.9 Å². The lowest BCUT2D eigenvalue weighted by atomic mass is 9.95. The monoisotopic (exact) mass is 423 g/mol. The van der Waals surface area contributed by atoms with Crippen LogP contribution in [0.15, 0.2) is 42.5 Å². The van der Waals surface area contributed by atoms with Crippen molar-refractivity contribution in [1.29, 1.82) is 0 Å². The number of hydrogen-bond donors (Lipinski definition) is 0. The lowest BCUT2D eigenvalue weighted by Gasteiger charge is -2.37. The topological polar surface area (TPSA) is 46.6 Å². The maximum absolute atomic E-state index is 13.5. The summed E-state index contributed by atoms with van der Waals surface area (Å²) in [6.07, 6.45) is 7.01. The lowest BCUT2D eigenvalue weighted by Crippen LogP contribution is -2.46. The first-order valence-corrected chi connectivity index (χ1v) is 13.1. The minimum absolute atomic E-state index is 0.0982. The molecule has 0 bridgehead atoms. The molecular weight excluding hydrogens is 393 g/mol. The van der Waals surface area contributed by atoms with Crippen LogP contribution in [0.25, 0.3) is 0 Å². The molecule has 1 atom stereocenters. The predicted molar refractivity (Wildman–Crippen MR) is 120 cm³/mol. The van der Waals surface area contributed by atoms with E-state index in [1.54, 1.807) is 7.11 Å². The number of carbonyl (C=O) groups excluding carboxylic acids is 1. The Morgan fingerprint density at radius 2 is 1.70 bits per heavy atom. The van der Waals surface area contributed by atoms with Crippen LogP contribution in [0.1, 0.15) is 54.4 Å². The molecule has 2 saturated carbocycles. The Labute approximate surface area is 179 Å². The first kappa shape index (κ1) is 20.0. The van der Waals surface area contributed by atoms with Gasteiger partial charge in [0.25, 0.3) is 0 Å². The minimum atomic E-state index is -2.83. The number of fused-ring (bicyclic) bond motifs is 1. The second-order valence-electron chi connectivity index (χ2n) is 9.37. The molecule has 0 saturated heterocycles. The van der Waals surface area contributed by atoms with Crippen molar-refractivity contribution in [2.24, 2.45) is 5.92 Å². The molecule has 30 heavy (non-hydrogen) atoms. The highest BCUT2D eigenvalue weighted by atomic mass is 31.2. The Balaban J connectivity index is 1.39. The van der Waals surface area contributed by atoms with Crippen LogP contribution >= 0.6 is 7.37 Å². The third kappa shape index (κ3) is 3.65. The van der Waals surface area contributed by atoms with Gasteiger partial charge in [-0.05, 0) is 67.7 Å². The number of benzene rings is 2. The van der Waals surface area contributed by atoms with Gasteiger partial charge in [0.1, 0.15) is 0 Å². The second-order valence-corrected chi connectivity index (χ2v) is 12.0. The van der Waals surface area contributed by atoms with Gasteiger partial charge in [-0.15, -0.1) is 0 Å². The van der Waals surface area contributed by atoms with Crippen molar-refractivity contribution >= 4 is 19.0 Å². The average molecular weight is 423 g/mol. The molecule has 2 aliphatic carbocycles. The molecule has 1 aliphatic heterocycles. The molecule has 0 spiro atoms. The minimum Gasteiger partial charge on any atom is -0.331 e. The largest absolute Gasteiger partial charge is 0.331 e. The summed E-state index contributed by atoms with van der Waals surface area (Å²) < 4.78 is 19.0. The van der Waals surface area contributed by atoms with Crippen molar-refractivity contribution in [2.45, 2.75) is 63.3 Å². The molecule has 0 aromatic heterocycles. The molecule has 158 valence electrons. The summed E-state index contributed by atoms with van der Waals surface area (Å²) in [6, 6.07) is 14.5. The Kier molecular flexibility index (Phi) is 4.91. The van der Waals surface area contributed by atoms with Gasteiger partial charge in [-0.1, -0.05) is 42.0 Å². The first-order valence-electron chi connectivity index (χ1n) is 11.1. The fourth-order valence-corrected chi connectivity index (χ4v) is 7.02. The average Bonchev–Trinajstić information content (AvgIpc) is 3.63. The van der Waals surface area contributed by atoms with Crippen molar-refractivity contribution in [3.63, 3.8) is 0 Å². The highest BCUT2D eigenvalue weighted by Gasteiger charge is 2.60. The van der Waals surface area contributed by atoms with E-state index in [-0.39, 0.29) is 11.4 Å². The number of carbonyl (C=O) groups is 1. The van der Waals surface area contributed by atoms with Gasteiger partial charge in [0.2, 0.25) is 13.3 Å². The predicted octanol–water partition coefficient (Wildman–Crippen LogP) is 5.84. The maximum Gasteiger partial charge on any atom is 0.227 e. The van der Waals surface area contributed by atoms with Crippen molar-refractivity contribution in [3.8, 4) is 0 Å². The van der Waals surface area contributed by atoms with Gasteiger partial charge in [0.05, 0.1) is 17.9 Å². The van der Waals surface area contributed by atoms with Gasteiger partial charge in [0.15, 0.2) is 0 Å². The third-order valence-corrected chi connectivity index (χ3v) is 9.45. The first-order chi connectivity index (χ1) is 14.4. The standard InChI is InChI=1S/C25H30NO3P/c1-18-3-5-19(6-4-18)16-30(28,29-2)17-20-7-11-23-21(15-20)8-12-24(27)26(23)25(13-14-25)22-9-10-22/h3-7,11,15,22H,8-10,12-14,16-17H2,1-2H3. The molecule has 3 aliphatic rings. The summed E-state index contributed by atoms with van der Waals surface area (Å²) >= 11 is 0. The summed E-state index contributed by atoms with van der Waals surface area (Å²) in [4.78, 5) is 15.0. The molecule has 2 aromatic rings. The molecule has 1 unspecified atom stereocenters. The normalized spacial score (nSPS) is 21.8. The molecule has 4 nitrogen and oxygen atoms in total. The summed E-state index contributed by atoms with van der Waals surface area (Å²) in [6.45, 7) is 2.05. The van der Waals surface area contributed by atoms with Gasteiger partial charge in [-0.2, -0.15) is 0 Å². The van der Waals surface area contributed by atoms with Crippen molar-refractivity contribution in [3.05, 3.63) is 64.7 Å². The van der Waals surface area contributed by atoms with Crippen LogP contribution in [0.2, 0.25) is 0 Å². The number of hydrogen-bond acceptors (Lipinski definition) is 3. The van der Waals surface area contributed by atoms with Gasteiger partial charge in [-0.25, -0.2) is 0 Å². The van der Waals surface area contributed by atoms with Crippen molar-refractivity contribution in [1.82, 2.24) is 0 Å². The van der Waals surface area contributed by atoms with E-state index in [2.05, 4.69) is 24.0 Å². The lowest BCUT2D eigenvalue weighted by molar-refractivity contribution is -0.119. The summed E-state index contributed by atoms with van der Waals surface area (Å²) in [7, 11) is -1.27. The number of aryl methyl sites for hydroxylation is 2. The molecule has 0 radical (unpaired) electrons. The van der Waals surface area contributed by atoms with Crippen LogP contribution in [0.4, 0.5) is 5.69 Å². The van der Waals surface area contributed by atoms with Crippen LogP contribution < -0.4 is 4.90 Å². The van der Waals surface area contributed by atoms with Crippen LogP contribution in [-0.4, -0.2) is 18.6 Å². The Morgan fingerprint density at radius 3 is 2.33 bits per heavy atom. The SMILES string of the molecule is COP(=O)(Cc1ccc(C)cc1)Cc1ccc2c(c1)CCC(=O)N2C1(C2CC2)CC1. The van der Waals surface area contributed by atoms with Crippen LogP contribution in [0.3, 0.4) is 0 Å². The number of amides is 1. The van der Waals surface area contributed by atoms with Gasteiger partial charge >= 0.3 is 0 Å². The molecule has 2 aromatic carbocycles. The highest BCUT2D eigenvalue weighted by Crippen LogP contribution is 2.60. The van der Waals surface area contributed by atoms with Gasteiger partial charge in [0, 0.05) is 19.2 Å². The number of rotatable bonds is 7. The zero-order chi connectivity index (χ0) is 20.9. The number of anilines is 1. The van der Waals surface area contributed by atoms with Crippen LogP contribution in [0.5, 0.6) is 0 Å². The molecule has 5 rings (SSSR count). The van der Waals surface area contributed by atoms with Gasteiger partial charge < -0.3 is 9.42 Å². The highest BCUT2D eigenvalue weighted by molar-refractivity contribution is 7.57. The summed E-state index contributed by atoms with van der Waals surface area (Å²) in [5.41, 5.74) is 5.68. The van der Waals surface area contributed by atoms with Crippen molar-refractivity contribution in [2.75, 3.05) is 12.0 Å². The molecule has 1 amide bonds. The van der Waals surface area contributed by atoms with E-state index in [1.165, 1.54) is 24.0 Å². The fourth-order valence-electron chi connectivity index (χ4n) is 5.13. The Hall–Kier alpha value is -1.90. The summed E-state index contributed by atoms with van der Waals surface area (Å²) in [5.74, 6) is 0.969. The van der Waals surface area contributed by atoms with E-state index in [9.17, 15) is 9.36 Å². The van der Waals surface area contributed by atoms with E-state index >= 15 is 0 Å². The van der Waals surface area contributed by atoms with E-state index in [0.29, 0.717) is 24.7 Å². The number of nitrogens with zero attached hydrogens (tertiary/aromatic N) is 1.